The summed E-state index contributed by atoms with van der Waals surface area (Å²) in [4.78, 5) is 12.2. The van der Waals surface area contributed by atoms with Crippen LogP contribution >= 0.6 is 12.4 Å². The van der Waals surface area contributed by atoms with Gasteiger partial charge in [-0.05, 0) is 13.0 Å². The average molecular weight is 341 g/mol. The quantitative estimate of drug-likeness (QED) is 0.878. The molecule has 4 unspecified atom stereocenters. The van der Waals surface area contributed by atoms with E-state index in [0.717, 1.165) is 18.9 Å². The lowest BCUT2D eigenvalue weighted by Gasteiger charge is -2.26. The van der Waals surface area contributed by atoms with Crippen LogP contribution in [0.2, 0.25) is 0 Å². The molecule has 6 heteroatoms. The van der Waals surface area contributed by atoms with Crippen LogP contribution in [0.25, 0.3) is 0 Å². The van der Waals surface area contributed by atoms with Crippen molar-refractivity contribution in [3.05, 3.63) is 29.8 Å². The predicted octanol–water partition coefficient (Wildman–Crippen LogP) is 1.86. The maximum absolute atomic E-state index is 12.2. The van der Waals surface area contributed by atoms with Gasteiger partial charge in [-0.1, -0.05) is 25.1 Å². The number of carbonyl (C=O) groups excluding carboxylic acids is 1. The van der Waals surface area contributed by atoms with Crippen LogP contribution in [0.1, 0.15) is 31.7 Å². The molecule has 128 valence electrons. The van der Waals surface area contributed by atoms with Gasteiger partial charge in [0.15, 0.2) is 0 Å². The number of morpholine rings is 1. The maximum atomic E-state index is 12.2. The number of benzene rings is 1. The Morgan fingerprint density at radius 2 is 2.22 bits per heavy atom. The summed E-state index contributed by atoms with van der Waals surface area (Å²) in [6, 6.07) is 8.17. The molecule has 2 aliphatic rings. The third-order valence-electron chi connectivity index (χ3n) is 4.48. The van der Waals surface area contributed by atoms with Crippen LogP contribution in [0.3, 0.4) is 0 Å². The number of amides is 1. The van der Waals surface area contributed by atoms with Crippen molar-refractivity contribution in [1.82, 2.24) is 10.6 Å². The molecule has 0 radical (unpaired) electrons. The van der Waals surface area contributed by atoms with E-state index in [1.54, 1.807) is 0 Å². The van der Waals surface area contributed by atoms with E-state index in [1.165, 1.54) is 5.56 Å². The first-order chi connectivity index (χ1) is 10.6. The molecule has 2 aliphatic heterocycles. The van der Waals surface area contributed by atoms with E-state index in [0.29, 0.717) is 13.0 Å². The minimum atomic E-state index is -0.0283. The average Bonchev–Trinajstić information content (AvgIpc) is 2.86. The second-order valence-electron chi connectivity index (χ2n) is 6.20. The van der Waals surface area contributed by atoms with Gasteiger partial charge in [-0.2, -0.15) is 0 Å². The van der Waals surface area contributed by atoms with Gasteiger partial charge in [0.05, 0.1) is 19.3 Å². The van der Waals surface area contributed by atoms with Crippen LogP contribution < -0.4 is 15.4 Å². The first kappa shape index (κ1) is 18.0. The normalized spacial score (nSPS) is 27.3. The van der Waals surface area contributed by atoms with E-state index in [2.05, 4.69) is 23.6 Å². The zero-order valence-corrected chi connectivity index (χ0v) is 14.4. The van der Waals surface area contributed by atoms with Gasteiger partial charge in [0.1, 0.15) is 11.9 Å². The van der Waals surface area contributed by atoms with Crippen molar-refractivity contribution in [3.63, 3.8) is 0 Å². The van der Waals surface area contributed by atoms with Crippen molar-refractivity contribution in [2.75, 3.05) is 19.8 Å². The molecule has 2 N–H and O–H groups in total. The van der Waals surface area contributed by atoms with Crippen molar-refractivity contribution >= 4 is 18.3 Å². The van der Waals surface area contributed by atoms with E-state index in [1.807, 2.05) is 25.1 Å². The number of rotatable bonds is 4. The molecule has 1 saturated heterocycles. The molecule has 0 aliphatic carbocycles. The second-order valence-corrected chi connectivity index (χ2v) is 6.20. The van der Waals surface area contributed by atoms with E-state index in [4.69, 9.17) is 9.47 Å². The topological polar surface area (TPSA) is 59.6 Å². The number of halogens is 1. The lowest BCUT2D eigenvalue weighted by Crippen LogP contribution is -2.48. The molecule has 4 atom stereocenters. The Kier molecular flexibility index (Phi) is 6.27. The molecule has 0 spiro atoms. The highest BCUT2D eigenvalue weighted by Crippen LogP contribution is 2.38. The highest BCUT2D eigenvalue weighted by atomic mass is 35.5. The summed E-state index contributed by atoms with van der Waals surface area (Å²) in [5.41, 5.74) is 1.22. The van der Waals surface area contributed by atoms with Crippen molar-refractivity contribution in [1.29, 1.82) is 0 Å². The van der Waals surface area contributed by atoms with Crippen molar-refractivity contribution in [2.45, 2.75) is 44.4 Å². The van der Waals surface area contributed by atoms with Gasteiger partial charge >= 0.3 is 0 Å². The Bertz CT molecular complexity index is 534. The Labute approximate surface area is 143 Å². The van der Waals surface area contributed by atoms with E-state index < -0.39 is 0 Å². The zero-order chi connectivity index (χ0) is 15.5. The summed E-state index contributed by atoms with van der Waals surface area (Å²) in [7, 11) is 0. The van der Waals surface area contributed by atoms with E-state index >= 15 is 0 Å². The molecule has 23 heavy (non-hydrogen) atoms. The minimum absolute atomic E-state index is 0. The summed E-state index contributed by atoms with van der Waals surface area (Å²) in [6.45, 7) is 6.29. The van der Waals surface area contributed by atoms with Gasteiger partial charge in [0, 0.05) is 30.5 Å². The first-order valence-electron chi connectivity index (χ1n) is 8.01. The zero-order valence-electron chi connectivity index (χ0n) is 13.6. The van der Waals surface area contributed by atoms with Gasteiger partial charge in [-0.3, -0.25) is 4.79 Å². The van der Waals surface area contributed by atoms with Crippen LogP contribution in [0, 0.1) is 0 Å². The van der Waals surface area contributed by atoms with Crippen molar-refractivity contribution < 1.29 is 14.3 Å². The molecule has 1 aromatic rings. The Morgan fingerprint density at radius 1 is 1.43 bits per heavy atom. The summed E-state index contributed by atoms with van der Waals surface area (Å²) in [5, 5.41) is 6.37. The summed E-state index contributed by atoms with van der Waals surface area (Å²) < 4.78 is 11.4. The third kappa shape index (κ3) is 4.16. The number of para-hydroxylation sites is 1. The third-order valence-corrected chi connectivity index (χ3v) is 4.48. The number of hydrogen-bond donors (Lipinski definition) is 2. The molecule has 0 saturated carbocycles. The molecule has 1 amide bonds. The molecule has 0 aromatic heterocycles. The first-order valence-corrected chi connectivity index (χ1v) is 8.01. The van der Waals surface area contributed by atoms with Crippen LogP contribution in [0.15, 0.2) is 24.3 Å². The predicted molar refractivity (Wildman–Crippen MR) is 91.4 cm³/mol. The fraction of sp³-hybridized carbons (Fsp3) is 0.588. The lowest BCUT2D eigenvalue weighted by atomic mass is 9.93. The van der Waals surface area contributed by atoms with Crippen LogP contribution in [-0.2, 0) is 9.53 Å². The van der Waals surface area contributed by atoms with Crippen LogP contribution in [-0.4, -0.2) is 43.9 Å². The highest BCUT2D eigenvalue weighted by molar-refractivity contribution is 5.85. The summed E-state index contributed by atoms with van der Waals surface area (Å²) in [6.07, 6.45) is 0.426. The number of nitrogens with one attached hydrogen (secondary N) is 2. The number of ether oxygens (including phenoxy) is 2. The summed E-state index contributed by atoms with van der Waals surface area (Å²) >= 11 is 0. The van der Waals surface area contributed by atoms with Gasteiger partial charge in [0.2, 0.25) is 5.91 Å². The van der Waals surface area contributed by atoms with Crippen molar-refractivity contribution in [2.24, 2.45) is 0 Å². The smallest absolute Gasteiger partial charge is 0.221 e. The fourth-order valence-electron chi connectivity index (χ4n) is 3.29. The molecular formula is C17H25ClN2O3. The summed E-state index contributed by atoms with van der Waals surface area (Å²) in [5.74, 6) is 1.26. The van der Waals surface area contributed by atoms with E-state index in [-0.39, 0.29) is 42.4 Å². The maximum Gasteiger partial charge on any atom is 0.221 e. The Balaban J connectivity index is 0.00000192. The molecule has 2 heterocycles. The largest absolute Gasteiger partial charge is 0.487 e. The molecule has 1 aromatic carbocycles. The monoisotopic (exact) mass is 340 g/mol. The van der Waals surface area contributed by atoms with Gasteiger partial charge in [-0.25, -0.2) is 0 Å². The number of hydrogen-bond acceptors (Lipinski definition) is 4. The Morgan fingerprint density at radius 3 is 2.91 bits per heavy atom. The van der Waals surface area contributed by atoms with Gasteiger partial charge in [0.25, 0.3) is 0 Å². The SMILES string of the molecule is CC(NC(=O)CC1COCCN1)C1Oc2ccccc2C1C.Cl. The van der Waals surface area contributed by atoms with Crippen molar-refractivity contribution in [3.8, 4) is 5.75 Å². The molecule has 3 rings (SSSR count). The van der Waals surface area contributed by atoms with Gasteiger partial charge < -0.3 is 20.1 Å². The Hall–Kier alpha value is -1.30. The van der Waals surface area contributed by atoms with Crippen LogP contribution in [0.4, 0.5) is 0 Å². The minimum Gasteiger partial charge on any atom is -0.487 e. The second kappa shape index (κ2) is 7.99. The number of carbonyl (C=O) groups is 1. The van der Waals surface area contributed by atoms with Gasteiger partial charge in [-0.15, -0.1) is 12.4 Å². The standard InChI is InChI=1S/C17H24N2O3.ClH/c1-11-14-5-3-4-6-15(14)22-17(11)12(2)19-16(20)9-13-10-21-8-7-18-13;/h3-6,11-13,17-18H,7-10H2,1-2H3,(H,19,20);1H. The molecule has 5 nitrogen and oxygen atoms in total. The highest BCUT2D eigenvalue weighted by Gasteiger charge is 2.35. The lowest BCUT2D eigenvalue weighted by molar-refractivity contribution is -0.123. The van der Waals surface area contributed by atoms with Crippen LogP contribution in [0.5, 0.6) is 5.75 Å². The molecule has 1 fully saturated rings. The fourth-order valence-corrected chi connectivity index (χ4v) is 3.29. The van der Waals surface area contributed by atoms with E-state index in [9.17, 15) is 4.79 Å². The number of fused-ring (bicyclic) bond motifs is 1. The molecular weight excluding hydrogens is 316 g/mol. The molecule has 0 bridgehead atoms.